The third-order valence-electron chi connectivity index (χ3n) is 3.52. The van der Waals surface area contributed by atoms with Crippen molar-refractivity contribution in [3.63, 3.8) is 0 Å². The van der Waals surface area contributed by atoms with Crippen LogP contribution in [0, 0.1) is 0 Å². The van der Waals surface area contributed by atoms with Gasteiger partial charge in [0, 0.05) is 21.3 Å². The highest BCUT2D eigenvalue weighted by atomic mass is 35.5. The molecule has 0 spiro atoms. The summed E-state index contributed by atoms with van der Waals surface area (Å²) in [5.74, 6) is -0.554. The van der Waals surface area contributed by atoms with Crippen molar-refractivity contribution in [1.82, 2.24) is 0 Å². The van der Waals surface area contributed by atoms with E-state index in [-0.39, 0.29) is 14.9 Å². The highest BCUT2D eigenvalue weighted by Crippen LogP contribution is 2.26. The first kappa shape index (κ1) is 17.5. The minimum atomic E-state index is -3.86. The van der Waals surface area contributed by atoms with Crippen molar-refractivity contribution in [1.29, 1.82) is 0 Å². The summed E-state index contributed by atoms with van der Waals surface area (Å²) in [4.78, 5) is 11.2. The van der Waals surface area contributed by atoms with E-state index >= 15 is 0 Å². The van der Waals surface area contributed by atoms with Gasteiger partial charge in [-0.25, -0.2) is 8.42 Å². The molecule has 25 heavy (non-hydrogen) atoms. The molecule has 5 nitrogen and oxygen atoms in total. The Hall–Kier alpha value is -2.28. The van der Waals surface area contributed by atoms with Gasteiger partial charge in [0.05, 0.1) is 4.90 Å². The van der Waals surface area contributed by atoms with Gasteiger partial charge in [0.2, 0.25) is 5.91 Å². The highest BCUT2D eigenvalue weighted by molar-refractivity contribution is 7.92. The Kier molecular flexibility index (Phi) is 4.60. The van der Waals surface area contributed by atoms with Gasteiger partial charge in [-0.1, -0.05) is 35.3 Å². The van der Waals surface area contributed by atoms with Crippen LogP contribution in [-0.2, 0) is 10.0 Å². The maximum absolute atomic E-state index is 12.5. The predicted octanol–water partition coefficient (Wildman–Crippen LogP) is 4.05. The van der Waals surface area contributed by atoms with Crippen molar-refractivity contribution in [2.75, 3.05) is 4.72 Å². The molecule has 0 aliphatic heterocycles. The van der Waals surface area contributed by atoms with E-state index in [1.165, 1.54) is 18.2 Å². The fourth-order valence-electron chi connectivity index (χ4n) is 2.36. The van der Waals surface area contributed by atoms with Gasteiger partial charge in [-0.15, -0.1) is 0 Å². The van der Waals surface area contributed by atoms with Crippen LogP contribution in [-0.4, -0.2) is 14.3 Å². The molecule has 0 atom stereocenters. The molecule has 0 fully saturated rings. The fourth-order valence-corrected chi connectivity index (χ4v) is 4.14. The molecule has 3 N–H and O–H groups in total. The number of hydrogen-bond donors (Lipinski definition) is 2. The van der Waals surface area contributed by atoms with Crippen molar-refractivity contribution in [3.8, 4) is 0 Å². The highest BCUT2D eigenvalue weighted by Gasteiger charge is 2.16. The van der Waals surface area contributed by atoms with E-state index in [9.17, 15) is 13.2 Å². The molecule has 0 saturated carbocycles. The lowest BCUT2D eigenvalue weighted by Crippen LogP contribution is -2.13. The zero-order valence-electron chi connectivity index (χ0n) is 12.7. The van der Waals surface area contributed by atoms with Crippen molar-refractivity contribution in [3.05, 3.63) is 70.2 Å². The third-order valence-corrected chi connectivity index (χ3v) is 5.32. The number of sulfonamides is 1. The van der Waals surface area contributed by atoms with E-state index in [0.717, 1.165) is 5.39 Å². The summed E-state index contributed by atoms with van der Waals surface area (Å²) in [6.45, 7) is 0. The van der Waals surface area contributed by atoms with Crippen molar-refractivity contribution in [2.24, 2.45) is 5.73 Å². The van der Waals surface area contributed by atoms with Crippen molar-refractivity contribution in [2.45, 2.75) is 4.90 Å². The monoisotopic (exact) mass is 394 g/mol. The third kappa shape index (κ3) is 3.87. The Morgan fingerprint density at radius 2 is 1.52 bits per heavy atom. The van der Waals surface area contributed by atoms with Crippen molar-refractivity contribution < 1.29 is 13.2 Å². The van der Waals surface area contributed by atoms with Crippen molar-refractivity contribution >= 4 is 55.6 Å². The van der Waals surface area contributed by atoms with Crippen LogP contribution in [0.25, 0.3) is 10.8 Å². The Morgan fingerprint density at radius 3 is 2.16 bits per heavy atom. The van der Waals surface area contributed by atoms with E-state index in [0.29, 0.717) is 16.6 Å². The molecule has 0 radical (unpaired) electrons. The zero-order chi connectivity index (χ0) is 18.2. The molecule has 0 saturated heterocycles. The summed E-state index contributed by atoms with van der Waals surface area (Å²) in [5, 5.41) is 1.97. The maximum atomic E-state index is 12.5. The number of rotatable bonds is 4. The van der Waals surface area contributed by atoms with E-state index in [1.54, 1.807) is 36.4 Å². The second-order valence-electron chi connectivity index (χ2n) is 5.35. The number of amides is 1. The van der Waals surface area contributed by atoms with Gasteiger partial charge >= 0.3 is 0 Å². The van der Waals surface area contributed by atoms with Gasteiger partial charge in [0.15, 0.2) is 0 Å². The number of carbonyl (C=O) groups is 1. The zero-order valence-corrected chi connectivity index (χ0v) is 15.0. The van der Waals surface area contributed by atoms with Crippen LogP contribution in [0.2, 0.25) is 10.0 Å². The number of benzene rings is 3. The lowest BCUT2D eigenvalue weighted by molar-refractivity contribution is 0.100. The summed E-state index contributed by atoms with van der Waals surface area (Å²) < 4.78 is 27.5. The smallest absolute Gasteiger partial charge is 0.261 e. The van der Waals surface area contributed by atoms with Crippen LogP contribution in [0.4, 0.5) is 5.69 Å². The SMILES string of the molecule is NC(=O)c1ccc2ccc(NS(=O)(=O)c3cc(Cl)cc(Cl)c3)cc2c1. The van der Waals surface area contributed by atoms with Crippen LogP contribution < -0.4 is 10.5 Å². The second-order valence-corrected chi connectivity index (χ2v) is 7.91. The van der Waals surface area contributed by atoms with Crippen LogP contribution in [0.3, 0.4) is 0 Å². The number of primary amides is 1. The number of nitrogens with one attached hydrogen (secondary N) is 1. The predicted molar refractivity (Wildman–Crippen MR) is 99.7 cm³/mol. The Morgan fingerprint density at radius 1 is 0.880 bits per heavy atom. The molecule has 0 unspecified atom stereocenters. The first-order chi connectivity index (χ1) is 11.7. The summed E-state index contributed by atoms with van der Waals surface area (Å²) in [6.07, 6.45) is 0. The second kappa shape index (κ2) is 6.55. The molecular formula is C17H12Cl2N2O3S. The Labute approximate surface area is 154 Å². The standard InChI is InChI=1S/C17H12Cl2N2O3S/c18-13-7-14(19)9-16(8-13)25(23,24)21-15-4-3-10-1-2-11(17(20)22)5-12(10)6-15/h1-9,21H,(H2,20,22). The summed E-state index contributed by atoms with van der Waals surface area (Å²) in [7, 11) is -3.86. The van der Waals surface area contributed by atoms with Gasteiger partial charge in [0.1, 0.15) is 0 Å². The quantitative estimate of drug-likeness (QED) is 0.699. The first-order valence-electron chi connectivity index (χ1n) is 7.07. The van der Waals surface area contributed by atoms with Gasteiger partial charge in [-0.3, -0.25) is 9.52 Å². The normalized spacial score (nSPS) is 11.4. The van der Waals surface area contributed by atoms with Crippen LogP contribution >= 0.6 is 23.2 Å². The Bertz CT molecular complexity index is 1080. The van der Waals surface area contributed by atoms with E-state index in [2.05, 4.69) is 4.72 Å². The molecule has 3 aromatic rings. The molecule has 0 bridgehead atoms. The van der Waals surface area contributed by atoms with Gasteiger partial charge < -0.3 is 5.73 Å². The van der Waals surface area contributed by atoms with Crippen LogP contribution in [0.15, 0.2) is 59.5 Å². The minimum absolute atomic E-state index is 0.0454. The lowest BCUT2D eigenvalue weighted by Gasteiger charge is -2.10. The summed E-state index contributed by atoms with van der Waals surface area (Å²) in [5.41, 5.74) is 5.95. The summed E-state index contributed by atoms with van der Waals surface area (Å²) >= 11 is 11.7. The van der Waals surface area contributed by atoms with Gasteiger partial charge in [-0.2, -0.15) is 0 Å². The van der Waals surface area contributed by atoms with E-state index in [4.69, 9.17) is 28.9 Å². The largest absolute Gasteiger partial charge is 0.366 e. The first-order valence-corrected chi connectivity index (χ1v) is 9.31. The number of nitrogens with two attached hydrogens (primary N) is 1. The molecule has 3 aromatic carbocycles. The van der Waals surface area contributed by atoms with E-state index < -0.39 is 15.9 Å². The van der Waals surface area contributed by atoms with Gasteiger partial charge in [-0.05, 0) is 53.2 Å². The Balaban J connectivity index is 2.00. The molecule has 0 aliphatic rings. The number of anilines is 1. The molecular weight excluding hydrogens is 383 g/mol. The molecule has 0 heterocycles. The topological polar surface area (TPSA) is 89.3 Å². The summed E-state index contributed by atoms with van der Waals surface area (Å²) in [6, 6.07) is 14.0. The molecule has 8 heteroatoms. The van der Waals surface area contributed by atoms with Crippen LogP contribution in [0.1, 0.15) is 10.4 Å². The van der Waals surface area contributed by atoms with E-state index in [1.807, 2.05) is 0 Å². The lowest BCUT2D eigenvalue weighted by atomic mass is 10.1. The average Bonchev–Trinajstić information content (AvgIpc) is 2.52. The minimum Gasteiger partial charge on any atom is -0.366 e. The fraction of sp³-hybridized carbons (Fsp3) is 0. The van der Waals surface area contributed by atoms with Crippen LogP contribution in [0.5, 0.6) is 0 Å². The molecule has 0 aliphatic carbocycles. The molecule has 0 aromatic heterocycles. The molecule has 1 amide bonds. The van der Waals surface area contributed by atoms with Gasteiger partial charge in [0.25, 0.3) is 10.0 Å². The molecule has 128 valence electrons. The number of fused-ring (bicyclic) bond motifs is 1. The maximum Gasteiger partial charge on any atom is 0.261 e. The molecule has 3 rings (SSSR count). The number of hydrogen-bond acceptors (Lipinski definition) is 3. The number of carbonyl (C=O) groups excluding carboxylic acids is 1. The average molecular weight is 395 g/mol. The number of halogens is 2.